The molecule has 2 nitrogen and oxygen atoms in total. The average molecular weight is 282 g/mol. The minimum Gasteiger partial charge on any atom is -0.305 e. The highest BCUT2D eigenvalue weighted by molar-refractivity contribution is 5.34. The van der Waals surface area contributed by atoms with E-state index in [2.05, 4.69) is 61.4 Å². The molecule has 1 atom stereocenters. The van der Waals surface area contributed by atoms with Gasteiger partial charge < -0.3 is 5.32 Å². The zero-order valence-corrected chi connectivity index (χ0v) is 13.4. The summed E-state index contributed by atoms with van der Waals surface area (Å²) in [6.07, 6.45) is 5.25. The first-order chi connectivity index (χ1) is 10.3. The number of aromatic nitrogens is 1. The van der Waals surface area contributed by atoms with Gasteiger partial charge in [0.1, 0.15) is 0 Å². The Balaban J connectivity index is 2.33. The Bertz CT molecular complexity index is 546. The molecule has 2 aromatic rings. The van der Waals surface area contributed by atoms with Gasteiger partial charge in [-0.15, -0.1) is 0 Å². The van der Waals surface area contributed by atoms with Crippen molar-refractivity contribution in [3.05, 3.63) is 65.0 Å². The summed E-state index contributed by atoms with van der Waals surface area (Å²) < 4.78 is 0. The topological polar surface area (TPSA) is 24.9 Å². The molecule has 1 aromatic carbocycles. The van der Waals surface area contributed by atoms with Gasteiger partial charge in [-0.1, -0.05) is 57.5 Å². The predicted octanol–water partition coefficient (Wildman–Crippen LogP) is 4.30. The molecule has 1 aromatic heterocycles. The molecule has 0 aliphatic rings. The lowest BCUT2D eigenvalue weighted by Gasteiger charge is -2.20. The standard InChI is InChI=1S/C19H26N2/c1-4-8-15-10-12-17(13-11-15)19(20-6-3)18-16(5-2)9-7-14-21-18/h7,9-14,19-20H,4-6,8H2,1-3H3. The number of hydrogen-bond acceptors (Lipinski definition) is 2. The third-order valence-corrected chi connectivity index (χ3v) is 3.84. The lowest BCUT2D eigenvalue weighted by Crippen LogP contribution is -2.24. The largest absolute Gasteiger partial charge is 0.305 e. The summed E-state index contributed by atoms with van der Waals surface area (Å²) >= 11 is 0. The number of pyridine rings is 1. The fourth-order valence-corrected chi connectivity index (χ4v) is 2.75. The first kappa shape index (κ1) is 15.7. The summed E-state index contributed by atoms with van der Waals surface area (Å²) in [4.78, 5) is 4.64. The smallest absolute Gasteiger partial charge is 0.0754 e. The van der Waals surface area contributed by atoms with E-state index in [-0.39, 0.29) is 6.04 Å². The number of aryl methyl sites for hydroxylation is 2. The van der Waals surface area contributed by atoms with Crippen molar-refractivity contribution in [3.8, 4) is 0 Å². The Morgan fingerprint density at radius 1 is 1.05 bits per heavy atom. The van der Waals surface area contributed by atoms with Crippen LogP contribution in [0.3, 0.4) is 0 Å². The number of rotatable bonds is 7. The van der Waals surface area contributed by atoms with Crippen LogP contribution in [-0.2, 0) is 12.8 Å². The Kier molecular flexibility index (Phi) is 5.94. The molecule has 0 saturated carbocycles. The molecule has 1 N–H and O–H groups in total. The molecule has 0 bridgehead atoms. The Morgan fingerprint density at radius 2 is 1.81 bits per heavy atom. The molecule has 0 aliphatic carbocycles. The van der Waals surface area contributed by atoms with Gasteiger partial charge in [-0.3, -0.25) is 4.98 Å². The van der Waals surface area contributed by atoms with Gasteiger partial charge in [-0.05, 0) is 42.1 Å². The van der Waals surface area contributed by atoms with Crippen LogP contribution < -0.4 is 5.32 Å². The van der Waals surface area contributed by atoms with Gasteiger partial charge in [-0.2, -0.15) is 0 Å². The molecule has 1 unspecified atom stereocenters. The molecule has 0 aliphatic heterocycles. The second kappa shape index (κ2) is 7.94. The van der Waals surface area contributed by atoms with E-state index in [9.17, 15) is 0 Å². The van der Waals surface area contributed by atoms with E-state index in [1.165, 1.54) is 23.1 Å². The van der Waals surface area contributed by atoms with E-state index in [1.54, 1.807) is 0 Å². The fraction of sp³-hybridized carbons (Fsp3) is 0.421. The van der Waals surface area contributed by atoms with Crippen molar-refractivity contribution >= 4 is 0 Å². The first-order valence-corrected chi connectivity index (χ1v) is 8.06. The Hall–Kier alpha value is -1.67. The summed E-state index contributed by atoms with van der Waals surface area (Å²) in [6, 6.07) is 13.4. The van der Waals surface area contributed by atoms with Crippen LogP contribution in [0.1, 0.15) is 55.6 Å². The summed E-state index contributed by atoms with van der Waals surface area (Å²) in [7, 11) is 0. The van der Waals surface area contributed by atoms with Gasteiger partial charge in [0.25, 0.3) is 0 Å². The van der Waals surface area contributed by atoms with Crippen LogP contribution in [0.2, 0.25) is 0 Å². The van der Waals surface area contributed by atoms with Crippen molar-refractivity contribution in [1.29, 1.82) is 0 Å². The number of nitrogens with zero attached hydrogens (tertiary/aromatic N) is 1. The fourth-order valence-electron chi connectivity index (χ4n) is 2.75. The summed E-state index contributed by atoms with van der Waals surface area (Å²) in [5.41, 5.74) is 5.18. The second-order valence-corrected chi connectivity index (χ2v) is 5.38. The Labute approximate surface area is 128 Å². The van der Waals surface area contributed by atoms with E-state index in [0.29, 0.717) is 0 Å². The summed E-state index contributed by atoms with van der Waals surface area (Å²) in [5, 5.41) is 3.58. The van der Waals surface area contributed by atoms with Gasteiger partial charge in [0.05, 0.1) is 11.7 Å². The lowest BCUT2D eigenvalue weighted by atomic mass is 9.96. The lowest BCUT2D eigenvalue weighted by molar-refractivity contribution is 0.609. The average Bonchev–Trinajstić information content (AvgIpc) is 2.54. The van der Waals surface area contributed by atoms with Crippen molar-refractivity contribution in [2.45, 2.75) is 46.1 Å². The van der Waals surface area contributed by atoms with Gasteiger partial charge >= 0.3 is 0 Å². The quantitative estimate of drug-likeness (QED) is 0.819. The van der Waals surface area contributed by atoms with Crippen LogP contribution in [0.25, 0.3) is 0 Å². The van der Waals surface area contributed by atoms with E-state index in [1.807, 2.05) is 12.3 Å². The predicted molar refractivity (Wildman–Crippen MR) is 89.6 cm³/mol. The molecule has 112 valence electrons. The van der Waals surface area contributed by atoms with Crippen molar-refractivity contribution in [2.75, 3.05) is 6.54 Å². The minimum atomic E-state index is 0.182. The van der Waals surface area contributed by atoms with E-state index >= 15 is 0 Å². The van der Waals surface area contributed by atoms with Gasteiger partial charge in [0.2, 0.25) is 0 Å². The van der Waals surface area contributed by atoms with Gasteiger partial charge in [0.15, 0.2) is 0 Å². The van der Waals surface area contributed by atoms with Crippen LogP contribution in [0.15, 0.2) is 42.6 Å². The van der Waals surface area contributed by atoms with Crippen molar-refractivity contribution < 1.29 is 0 Å². The van der Waals surface area contributed by atoms with Crippen molar-refractivity contribution in [1.82, 2.24) is 10.3 Å². The second-order valence-electron chi connectivity index (χ2n) is 5.38. The zero-order chi connectivity index (χ0) is 15.1. The number of nitrogens with one attached hydrogen (secondary N) is 1. The van der Waals surface area contributed by atoms with Crippen LogP contribution >= 0.6 is 0 Å². The van der Waals surface area contributed by atoms with Crippen molar-refractivity contribution in [2.24, 2.45) is 0 Å². The first-order valence-electron chi connectivity index (χ1n) is 8.06. The minimum absolute atomic E-state index is 0.182. The molecule has 2 heteroatoms. The highest BCUT2D eigenvalue weighted by Gasteiger charge is 2.17. The summed E-state index contributed by atoms with van der Waals surface area (Å²) in [5.74, 6) is 0. The molecule has 21 heavy (non-hydrogen) atoms. The molecule has 0 saturated heterocycles. The zero-order valence-electron chi connectivity index (χ0n) is 13.4. The number of hydrogen-bond donors (Lipinski definition) is 1. The van der Waals surface area contributed by atoms with Crippen LogP contribution in [0.4, 0.5) is 0 Å². The van der Waals surface area contributed by atoms with Crippen LogP contribution in [-0.4, -0.2) is 11.5 Å². The SMILES string of the molecule is CCCc1ccc(C(NCC)c2ncccc2CC)cc1. The van der Waals surface area contributed by atoms with Crippen molar-refractivity contribution in [3.63, 3.8) is 0 Å². The third kappa shape index (κ3) is 3.92. The molecule has 0 fully saturated rings. The maximum atomic E-state index is 4.64. The molecular weight excluding hydrogens is 256 g/mol. The van der Waals surface area contributed by atoms with E-state index < -0.39 is 0 Å². The molecule has 0 spiro atoms. The maximum absolute atomic E-state index is 4.64. The molecular formula is C19H26N2. The third-order valence-electron chi connectivity index (χ3n) is 3.84. The van der Waals surface area contributed by atoms with E-state index in [4.69, 9.17) is 0 Å². The maximum Gasteiger partial charge on any atom is 0.0754 e. The Morgan fingerprint density at radius 3 is 2.43 bits per heavy atom. The van der Waals surface area contributed by atoms with Crippen LogP contribution in [0.5, 0.6) is 0 Å². The van der Waals surface area contributed by atoms with E-state index in [0.717, 1.165) is 25.1 Å². The normalized spacial score (nSPS) is 12.3. The van der Waals surface area contributed by atoms with Gasteiger partial charge in [-0.25, -0.2) is 0 Å². The van der Waals surface area contributed by atoms with Gasteiger partial charge in [0, 0.05) is 6.20 Å². The highest BCUT2D eigenvalue weighted by atomic mass is 14.9. The van der Waals surface area contributed by atoms with Crippen LogP contribution in [0, 0.1) is 0 Å². The molecule has 0 amide bonds. The summed E-state index contributed by atoms with van der Waals surface area (Å²) in [6.45, 7) is 7.48. The number of benzene rings is 1. The molecule has 2 rings (SSSR count). The highest BCUT2D eigenvalue weighted by Crippen LogP contribution is 2.24. The molecule has 0 radical (unpaired) electrons. The molecule has 1 heterocycles. The monoisotopic (exact) mass is 282 g/mol.